The summed E-state index contributed by atoms with van der Waals surface area (Å²) in [4.78, 5) is 11.1. The number of unbranched alkanes of at least 4 members (excludes halogenated alkanes) is 1. The maximum absolute atomic E-state index is 13.3. The molecule has 0 atom stereocenters. The number of nitrogens with zero attached hydrogens (tertiary/aromatic N) is 2. The molecule has 0 fully saturated rings. The molecule has 181 valence electrons. The van der Waals surface area contributed by atoms with Crippen molar-refractivity contribution in [3.63, 3.8) is 0 Å². The molecule has 1 heterocycles. The van der Waals surface area contributed by atoms with E-state index in [4.69, 9.17) is 9.84 Å². The SMILES string of the molecule is CCC/C=C(\CCC1=C[CH]1)c1c(C)c(-c2ccc(C=O)cc2)nn1-c1ccc(OC(C)(F)F)cc1. The zero-order chi connectivity index (χ0) is 25.0. The Morgan fingerprint density at radius 2 is 1.80 bits per heavy atom. The first-order valence-electron chi connectivity index (χ1n) is 11.8. The fraction of sp³-hybridized carbons (Fsp3) is 0.276. The Bertz CT molecular complexity index is 1250. The lowest BCUT2D eigenvalue weighted by molar-refractivity contribution is -0.158. The predicted molar refractivity (Wildman–Crippen MR) is 135 cm³/mol. The summed E-state index contributed by atoms with van der Waals surface area (Å²) in [7, 11) is 0. The number of rotatable bonds is 11. The number of carbonyl (C=O) groups is 1. The Balaban J connectivity index is 1.80. The minimum atomic E-state index is -3.25. The van der Waals surface area contributed by atoms with Gasteiger partial charge in [-0.1, -0.05) is 55.3 Å². The lowest BCUT2D eigenvalue weighted by atomic mass is 9.97. The zero-order valence-corrected chi connectivity index (χ0v) is 20.2. The van der Waals surface area contributed by atoms with Crippen molar-refractivity contribution in [3.05, 3.63) is 89.5 Å². The maximum atomic E-state index is 13.3. The Morgan fingerprint density at radius 3 is 2.37 bits per heavy atom. The zero-order valence-electron chi connectivity index (χ0n) is 20.2. The highest BCUT2D eigenvalue weighted by molar-refractivity contribution is 5.79. The van der Waals surface area contributed by atoms with Gasteiger partial charge in [0.1, 0.15) is 12.0 Å². The molecular weight excluding hydrogens is 446 g/mol. The normalized spacial score (nSPS) is 13.5. The van der Waals surface area contributed by atoms with Crippen molar-refractivity contribution in [3.8, 4) is 22.7 Å². The summed E-state index contributed by atoms with van der Waals surface area (Å²) in [5, 5.41) is 4.96. The molecule has 0 N–H and O–H groups in total. The molecule has 1 aliphatic carbocycles. The van der Waals surface area contributed by atoms with E-state index in [1.807, 2.05) is 16.8 Å². The molecule has 0 saturated heterocycles. The van der Waals surface area contributed by atoms with E-state index < -0.39 is 6.11 Å². The van der Waals surface area contributed by atoms with Gasteiger partial charge in [-0.2, -0.15) is 13.9 Å². The molecule has 0 unspecified atom stereocenters. The van der Waals surface area contributed by atoms with Crippen LogP contribution in [0.15, 0.2) is 66.3 Å². The fourth-order valence-electron chi connectivity index (χ4n) is 4.06. The number of alkyl halides is 2. The van der Waals surface area contributed by atoms with Crippen LogP contribution < -0.4 is 4.74 Å². The van der Waals surface area contributed by atoms with E-state index in [-0.39, 0.29) is 5.75 Å². The van der Waals surface area contributed by atoms with Crippen LogP contribution in [0.1, 0.15) is 61.1 Å². The molecule has 0 saturated carbocycles. The minimum absolute atomic E-state index is 0.0920. The van der Waals surface area contributed by atoms with E-state index in [0.717, 1.165) is 67.1 Å². The average molecular weight is 476 g/mol. The second kappa shape index (κ2) is 10.4. The number of hydrogen-bond donors (Lipinski definition) is 0. The first-order chi connectivity index (χ1) is 16.8. The van der Waals surface area contributed by atoms with Crippen molar-refractivity contribution in [1.82, 2.24) is 9.78 Å². The molecule has 1 aliphatic rings. The minimum Gasteiger partial charge on any atom is -0.433 e. The second-order valence-electron chi connectivity index (χ2n) is 8.80. The van der Waals surface area contributed by atoms with Gasteiger partial charge < -0.3 is 4.74 Å². The third-order valence-corrected chi connectivity index (χ3v) is 5.89. The lowest BCUT2D eigenvalue weighted by Crippen LogP contribution is -2.19. The van der Waals surface area contributed by atoms with Gasteiger partial charge in [-0.15, -0.1) is 0 Å². The number of benzene rings is 2. The van der Waals surface area contributed by atoms with Gasteiger partial charge in [0.05, 0.1) is 17.1 Å². The summed E-state index contributed by atoms with van der Waals surface area (Å²) in [6.07, 6.45) is 7.92. The number of aldehydes is 1. The maximum Gasteiger partial charge on any atom is 0.394 e. The molecule has 4 rings (SSSR count). The molecule has 2 aromatic carbocycles. The predicted octanol–water partition coefficient (Wildman–Crippen LogP) is 7.76. The van der Waals surface area contributed by atoms with Crippen LogP contribution in [0.5, 0.6) is 5.75 Å². The van der Waals surface area contributed by atoms with Crippen LogP contribution in [0.3, 0.4) is 0 Å². The van der Waals surface area contributed by atoms with Crippen molar-refractivity contribution >= 4 is 11.9 Å². The van der Waals surface area contributed by atoms with E-state index >= 15 is 0 Å². The van der Waals surface area contributed by atoms with E-state index in [9.17, 15) is 13.6 Å². The number of ether oxygens (including phenoxy) is 1. The van der Waals surface area contributed by atoms with Crippen LogP contribution in [0.4, 0.5) is 8.78 Å². The van der Waals surface area contributed by atoms with E-state index in [0.29, 0.717) is 5.56 Å². The summed E-state index contributed by atoms with van der Waals surface area (Å²) in [6, 6.07) is 13.9. The van der Waals surface area contributed by atoms with Gasteiger partial charge in [-0.25, -0.2) is 4.68 Å². The molecule has 1 aromatic heterocycles. The molecule has 3 aromatic rings. The number of hydrogen-bond acceptors (Lipinski definition) is 3. The van der Waals surface area contributed by atoms with Crippen LogP contribution in [0.25, 0.3) is 22.5 Å². The molecule has 0 aliphatic heterocycles. The topological polar surface area (TPSA) is 44.1 Å². The lowest BCUT2D eigenvalue weighted by Gasteiger charge is -2.15. The standard InChI is InChI=1S/C29H29F2N2O2/c1-4-5-6-24(14-9-21-7-8-21)28-20(2)27(23-12-10-22(19-34)11-13-23)32-33(28)25-15-17-26(18-16-25)35-29(3,30)31/h6-8,10-13,15-19H,4-5,9,14H2,1-3H3/b24-6+. The van der Waals surface area contributed by atoms with E-state index in [1.165, 1.54) is 23.3 Å². The molecular formula is C29H29F2N2O2. The third kappa shape index (κ3) is 6.13. The van der Waals surface area contributed by atoms with Gasteiger partial charge in [0.25, 0.3) is 0 Å². The average Bonchev–Trinajstić information content (AvgIpc) is 3.60. The van der Waals surface area contributed by atoms with Crippen LogP contribution in [-0.2, 0) is 0 Å². The van der Waals surface area contributed by atoms with E-state index in [1.54, 1.807) is 24.3 Å². The smallest absolute Gasteiger partial charge is 0.394 e. The van der Waals surface area contributed by atoms with Crippen LogP contribution in [0, 0.1) is 13.3 Å². The molecule has 35 heavy (non-hydrogen) atoms. The van der Waals surface area contributed by atoms with Crippen LogP contribution in [-0.4, -0.2) is 22.2 Å². The summed E-state index contributed by atoms with van der Waals surface area (Å²) < 4.78 is 33.2. The monoisotopic (exact) mass is 475 g/mol. The first kappa shape index (κ1) is 24.6. The molecule has 0 amide bonds. The molecule has 6 heteroatoms. The summed E-state index contributed by atoms with van der Waals surface area (Å²) in [5.74, 6) is 0.0920. The van der Waals surface area contributed by atoms with Crippen molar-refractivity contribution in [2.45, 2.75) is 52.6 Å². The van der Waals surface area contributed by atoms with Gasteiger partial charge in [0.2, 0.25) is 0 Å². The highest BCUT2D eigenvalue weighted by Crippen LogP contribution is 2.36. The molecule has 4 nitrogen and oxygen atoms in total. The van der Waals surface area contributed by atoms with Gasteiger partial charge >= 0.3 is 6.11 Å². The van der Waals surface area contributed by atoms with Crippen molar-refractivity contribution in [2.75, 3.05) is 0 Å². The fourth-order valence-corrected chi connectivity index (χ4v) is 4.06. The Hall–Kier alpha value is -3.54. The van der Waals surface area contributed by atoms with Crippen molar-refractivity contribution in [2.24, 2.45) is 0 Å². The number of halogens is 2. The van der Waals surface area contributed by atoms with Crippen molar-refractivity contribution < 1.29 is 18.3 Å². The summed E-state index contributed by atoms with van der Waals surface area (Å²) >= 11 is 0. The first-order valence-corrected chi connectivity index (χ1v) is 11.8. The third-order valence-electron chi connectivity index (χ3n) is 5.89. The van der Waals surface area contributed by atoms with Gasteiger partial charge in [-0.3, -0.25) is 4.79 Å². The molecule has 0 bridgehead atoms. The van der Waals surface area contributed by atoms with Crippen LogP contribution >= 0.6 is 0 Å². The summed E-state index contributed by atoms with van der Waals surface area (Å²) in [6.45, 7) is 4.92. The van der Waals surface area contributed by atoms with Gasteiger partial charge in [-0.05, 0) is 56.0 Å². The van der Waals surface area contributed by atoms with Gasteiger partial charge in [0, 0.05) is 30.0 Å². The largest absolute Gasteiger partial charge is 0.433 e. The molecule has 1 radical (unpaired) electrons. The Kier molecular flexibility index (Phi) is 7.29. The highest BCUT2D eigenvalue weighted by Gasteiger charge is 2.24. The van der Waals surface area contributed by atoms with Gasteiger partial charge in [0.15, 0.2) is 0 Å². The number of allylic oxidation sites excluding steroid dienone is 4. The Morgan fingerprint density at radius 1 is 1.11 bits per heavy atom. The van der Waals surface area contributed by atoms with E-state index in [2.05, 4.69) is 32.4 Å². The second-order valence-corrected chi connectivity index (χ2v) is 8.80. The number of carbonyl (C=O) groups excluding carboxylic acids is 1. The highest BCUT2D eigenvalue weighted by atomic mass is 19.3. The Labute approximate surface area is 204 Å². The molecule has 0 spiro atoms. The number of aromatic nitrogens is 2. The van der Waals surface area contributed by atoms with Crippen molar-refractivity contribution in [1.29, 1.82) is 0 Å². The summed E-state index contributed by atoms with van der Waals surface area (Å²) in [5.41, 5.74) is 7.67. The van der Waals surface area contributed by atoms with Crippen LogP contribution in [0.2, 0.25) is 0 Å². The quantitative estimate of drug-likeness (QED) is 0.266.